The van der Waals surface area contributed by atoms with Crippen LogP contribution in [0.15, 0.2) is 47.6 Å². The molecule has 7 heteroatoms. The van der Waals surface area contributed by atoms with Crippen molar-refractivity contribution in [3.8, 4) is 17.2 Å². The zero-order chi connectivity index (χ0) is 18.9. The average molecular weight is 357 g/mol. The Kier molecular flexibility index (Phi) is 6.84. The summed E-state index contributed by atoms with van der Waals surface area (Å²) >= 11 is 0. The van der Waals surface area contributed by atoms with E-state index in [1.807, 2.05) is 31.2 Å². The first-order chi connectivity index (χ1) is 12.5. The third-order valence-electron chi connectivity index (χ3n) is 3.54. The van der Waals surface area contributed by atoms with Crippen LogP contribution in [0.1, 0.15) is 19.4 Å². The van der Waals surface area contributed by atoms with Crippen molar-refractivity contribution < 1.29 is 19.4 Å². The maximum atomic E-state index is 12.1. The molecule has 7 nitrogen and oxygen atoms in total. The topological polar surface area (TPSA) is 92.2 Å². The molecule has 0 radical (unpaired) electrons. The summed E-state index contributed by atoms with van der Waals surface area (Å²) in [5.74, 6) is 0.894. The maximum Gasteiger partial charge on any atom is 0.262 e. The molecular formula is C19H23N3O4. The second-order valence-corrected chi connectivity index (χ2v) is 5.49. The highest BCUT2D eigenvalue weighted by atomic mass is 16.5. The SMILES string of the molecule is CCOc1ccc(/C=N/NC(=O)C(C)Nc2ccc(OC)cc2)cc1O. The van der Waals surface area contributed by atoms with Gasteiger partial charge < -0.3 is 19.9 Å². The number of aromatic hydroxyl groups is 1. The van der Waals surface area contributed by atoms with Crippen LogP contribution in [0.3, 0.4) is 0 Å². The van der Waals surface area contributed by atoms with Crippen LogP contribution in [0, 0.1) is 0 Å². The van der Waals surface area contributed by atoms with E-state index in [9.17, 15) is 9.90 Å². The van der Waals surface area contributed by atoms with Gasteiger partial charge in [0.05, 0.1) is 19.9 Å². The number of hydrazone groups is 1. The molecule has 1 unspecified atom stereocenters. The van der Waals surface area contributed by atoms with E-state index < -0.39 is 6.04 Å². The number of nitrogens with zero attached hydrogens (tertiary/aromatic N) is 1. The molecule has 0 aromatic heterocycles. The van der Waals surface area contributed by atoms with Crippen LogP contribution in [0.2, 0.25) is 0 Å². The Hall–Kier alpha value is -3.22. The van der Waals surface area contributed by atoms with E-state index in [2.05, 4.69) is 15.8 Å². The van der Waals surface area contributed by atoms with Gasteiger partial charge >= 0.3 is 0 Å². The largest absolute Gasteiger partial charge is 0.504 e. The molecule has 0 aliphatic rings. The van der Waals surface area contributed by atoms with E-state index in [0.29, 0.717) is 17.9 Å². The van der Waals surface area contributed by atoms with Gasteiger partial charge in [-0.3, -0.25) is 4.79 Å². The van der Waals surface area contributed by atoms with E-state index in [-0.39, 0.29) is 11.7 Å². The van der Waals surface area contributed by atoms with Crippen LogP contribution in [-0.2, 0) is 4.79 Å². The quantitative estimate of drug-likeness (QED) is 0.499. The van der Waals surface area contributed by atoms with Crippen molar-refractivity contribution in [2.75, 3.05) is 19.0 Å². The fourth-order valence-corrected chi connectivity index (χ4v) is 2.16. The van der Waals surface area contributed by atoms with Crippen molar-refractivity contribution in [1.82, 2.24) is 5.43 Å². The highest BCUT2D eigenvalue weighted by molar-refractivity contribution is 5.86. The molecule has 0 saturated carbocycles. The number of rotatable bonds is 8. The summed E-state index contributed by atoms with van der Waals surface area (Å²) in [4.78, 5) is 12.1. The Morgan fingerprint density at radius 2 is 2.00 bits per heavy atom. The number of carbonyl (C=O) groups excluding carboxylic acids is 1. The van der Waals surface area contributed by atoms with E-state index in [1.165, 1.54) is 12.3 Å². The summed E-state index contributed by atoms with van der Waals surface area (Å²) in [6, 6.07) is 11.7. The number of methoxy groups -OCH3 is 1. The van der Waals surface area contributed by atoms with Crippen molar-refractivity contribution in [2.24, 2.45) is 5.10 Å². The Labute approximate surface area is 152 Å². The van der Waals surface area contributed by atoms with E-state index in [4.69, 9.17) is 9.47 Å². The van der Waals surface area contributed by atoms with Gasteiger partial charge in [0.1, 0.15) is 11.8 Å². The van der Waals surface area contributed by atoms with Gasteiger partial charge in [0.25, 0.3) is 5.91 Å². The predicted molar refractivity (Wildman–Crippen MR) is 101 cm³/mol. The van der Waals surface area contributed by atoms with Crippen molar-refractivity contribution in [3.05, 3.63) is 48.0 Å². The molecule has 138 valence electrons. The number of phenolic OH excluding ortho intramolecular Hbond substituents is 1. The van der Waals surface area contributed by atoms with Crippen molar-refractivity contribution in [3.63, 3.8) is 0 Å². The fourth-order valence-electron chi connectivity index (χ4n) is 2.16. The Morgan fingerprint density at radius 3 is 2.62 bits per heavy atom. The fraction of sp³-hybridized carbons (Fsp3) is 0.263. The molecule has 1 amide bonds. The first-order valence-electron chi connectivity index (χ1n) is 8.22. The molecule has 0 aliphatic heterocycles. The third-order valence-corrected chi connectivity index (χ3v) is 3.54. The number of anilines is 1. The van der Waals surface area contributed by atoms with Gasteiger partial charge in [-0.05, 0) is 61.9 Å². The molecule has 0 spiro atoms. The van der Waals surface area contributed by atoms with Crippen LogP contribution in [0.5, 0.6) is 17.2 Å². The van der Waals surface area contributed by atoms with Gasteiger partial charge in [-0.25, -0.2) is 5.43 Å². The molecular weight excluding hydrogens is 334 g/mol. The van der Waals surface area contributed by atoms with Gasteiger partial charge in [0, 0.05) is 5.69 Å². The molecule has 1 atom stereocenters. The molecule has 2 aromatic rings. The predicted octanol–water partition coefficient (Wildman–Crippen LogP) is 2.75. The molecule has 0 fully saturated rings. The van der Waals surface area contributed by atoms with Crippen LogP contribution >= 0.6 is 0 Å². The van der Waals surface area contributed by atoms with E-state index >= 15 is 0 Å². The number of hydrogen-bond acceptors (Lipinski definition) is 6. The molecule has 0 saturated heterocycles. The lowest BCUT2D eigenvalue weighted by Crippen LogP contribution is -2.34. The van der Waals surface area contributed by atoms with Gasteiger partial charge in [0.2, 0.25) is 0 Å². The lowest BCUT2D eigenvalue weighted by molar-refractivity contribution is -0.121. The summed E-state index contributed by atoms with van der Waals surface area (Å²) in [6.07, 6.45) is 1.45. The van der Waals surface area contributed by atoms with Gasteiger partial charge in [-0.15, -0.1) is 0 Å². The zero-order valence-electron chi connectivity index (χ0n) is 15.0. The summed E-state index contributed by atoms with van der Waals surface area (Å²) in [6.45, 7) is 4.04. The summed E-state index contributed by atoms with van der Waals surface area (Å²) in [5.41, 5.74) is 3.90. The number of carbonyl (C=O) groups is 1. The minimum atomic E-state index is -0.478. The lowest BCUT2D eigenvalue weighted by Gasteiger charge is -2.13. The summed E-state index contributed by atoms with van der Waals surface area (Å²) < 4.78 is 10.4. The molecule has 0 bridgehead atoms. The zero-order valence-corrected chi connectivity index (χ0v) is 15.0. The Bertz CT molecular complexity index is 760. The average Bonchev–Trinajstić information content (AvgIpc) is 2.64. The van der Waals surface area contributed by atoms with Crippen LogP contribution in [-0.4, -0.2) is 37.0 Å². The van der Waals surface area contributed by atoms with Gasteiger partial charge in [0.15, 0.2) is 11.5 Å². The monoisotopic (exact) mass is 357 g/mol. The van der Waals surface area contributed by atoms with Crippen LogP contribution in [0.4, 0.5) is 5.69 Å². The van der Waals surface area contributed by atoms with Crippen molar-refractivity contribution in [1.29, 1.82) is 0 Å². The standard InChI is InChI=1S/C19H23N3O4/c1-4-26-18-10-5-14(11-17(18)23)12-20-22-19(24)13(2)21-15-6-8-16(25-3)9-7-15/h5-13,21,23H,4H2,1-3H3,(H,22,24)/b20-12+. The van der Waals surface area contributed by atoms with Gasteiger partial charge in [-0.1, -0.05) is 0 Å². The lowest BCUT2D eigenvalue weighted by atomic mass is 10.2. The maximum absolute atomic E-state index is 12.1. The molecule has 2 rings (SSSR count). The number of ether oxygens (including phenoxy) is 2. The normalized spacial score (nSPS) is 11.8. The second kappa shape index (κ2) is 9.31. The number of hydrogen-bond donors (Lipinski definition) is 3. The molecule has 3 N–H and O–H groups in total. The minimum Gasteiger partial charge on any atom is -0.504 e. The third kappa shape index (κ3) is 5.41. The summed E-state index contributed by atoms with van der Waals surface area (Å²) in [7, 11) is 1.60. The summed E-state index contributed by atoms with van der Waals surface area (Å²) in [5, 5.41) is 16.8. The second-order valence-electron chi connectivity index (χ2n) is 5.49. The van der Waals surface area contributed by atoms with Crippen LogP contribution < -0.4 is 20.2 Å². The molecule has 2 aromatic carbocycles. The van der Waals surface area contributed by atoms with E-state index in [1.54, 1.807) is 26.2 Å². The highest BCUT2D eigenvalue weighted by Crippen LogP contribution is 2.26. The molecule has 0 aliphatic carbocycles. The Morgan fingerprint density at radius 1 is 1.27 bits per heavy atom. The highest BCUT2D eigenvalue weighted by Gasteiger charge is 2.11. The first-order valence-corrected chi connectivity index (χ1v) is 8.22. The number of phenols is 1. The van der Waals surface area contributed by atoms with Crippen molar-refractivity contribution in [2.45, 2.75) is 19.9 Å². The van der Waals surface area contributed by atoms with Crippen molar-refractivity contribution >= 4 is 17.8 Å². The first kappa shape index (κ1) is 19.1. The molecule has 0 heterocycles. The number of amides is 1. The smallest absolute Gasteiger partial charge is 0.262 e. The van der Waals surface area contributed by atoms with Gasteiger partial charge in [-0.2, -0.15) is 5.10 Å². The number of benzene rings is 2. The number of nitrogens with one attached hydrogen (secondary N) is 2. The Balaban J connectivity index is 1.88. The molecule has 26 heavy (non-hydrogen) atoms. The van der Waals surface area contributed by atoms with Crippen LogP contribution in [0.25, 0.3) is 0 Å². The minimum absolute atomic E-state index is 0.0247. The van der Waals surface area contributed by atoms with E-state index in [0.717, 1.165) is 11.4 Å².